The van der Waals surface area contributed by atoms with Crippen LogP contribution in [0.15, 0.2) is 23.1 Å². The Morgan fingerprint density at radius 2 is 1.96 bits per heavy atom. The van der Waals surface area contributed by atoms with Crippen molar-refractivity contribution in [2.75, 3.05) is 13.1 Å². The first-order valence-electron chi connectivity index (χ1n) is 8.40. The minimum Gasteiger partial charge on any atom is -0.369 e. The smallest absolute Gasteiger partial charge is 0.255 e. The molecule has 2 amide bonds. The summed E-state index contributed by atoms with van der Waals surface area (Å²) in [5, 5.41) is 0.626. The highest BCUT2D eigenvalue weighted by Crippen LogP contribution is 2.37. The molecule has 1 aliphatic carbocycles. The van der Waals surface area contributed by atoms with Gasteiger partial charge in [-0.3, -0.25) is 9.59 Å². The quantitative estimate of drug-likeness (QED) is 0.922. The van der Waals surface area contributed by atoms with E-state index in [4.69, 9.17) is 5.73 Å². The maximum atomic E-state index is 12.9. The van der Waals surface area contributed by atoms with Crippen molar-refractivity contribution in [2.24, 2.45) is 11.7 Å². The van der Waals surface area contributed by atoms with E-state index in [2.05, 4.69) is 12.1 Å². The molecular weight excluding hydrogens is 308 g/mol. The number of carbonyl (C=O) groups excluding carboxylic acids is 2. The average Bonchev–Trinajstić information content (AvgIpc) is 3.19. The van der Waals surface area contributed by atoms with E-state index in [9.17, 15) is 9.59 Å². The molecule has 124 valence electrons. The number of hydrogen-bond donors (Lipinski definition) is 1. The number of likely N-dealkylation sites (tertiary alicyclic amines) is 1. The molecule has 2 fully saturated rings. The van der Waals surface area contributed by atoms with Gasteiger partial charge in [-0.05, 0) is 38.3 Å². The fraction of sp³-hybridized carbons (Fsp3) is 0.556. The van der Waals surface area contributed by atoms with Gasteiger partial charge < -0.3 is 10.6 Å². The first-order chi connectivity index (χ1) is 11.0. The molecule has 1 saturated carbocycles. The summed E-state index contributed by atoms with van der Waals surface area (Å²) in [6.07, 6.45) is 5.73. The minimum atomic E-state index is -0.301. The largest absolute Gasteiger partial charge is 0.369 e. The van der Waals surface area contributed by atoms with Crippen molar-refractivity contribution in [3.63, 3.8) is 0 Å². The molecule has 5 heteroatoms. The maximum absolute atomic E-state index is 12.9. The van der Waals surface area contributed by atoms with Crippen LogP contribution in [0.4, 0.5) is 0 Å². The third-order valence-electron chi connectivity index (χ3n) is 4.84. The maximum Gasteiger partial charge on any atom is 0.255 e. The summed E-state index contributed by atoms with van der Waals surface area (Å²) in [5.74, 6) is -0.460. The monoisotopic (exact) mass is 332 g/mol. The lowest BCUT2D eigenvalue weighted by Gasteiger charge is -2.19. The van der Waals surface area contributed by atoms with E-state index >= 15 is 0 Å². The van der Waals surface area contributed by atoms with Gasteiger partial charge in [0.25, 0.3) is 5.91 Å². The van der Waals surface area contributed by atoms with Gasteiger partial charge in [-0.2, -0.15) is 0 Å². The summed E-state index contributed by atoms with van der Waals surface area (Å²) in [6.45, 7) is 3.08. The molecule has 1 heterocycles. The highest BCUT2D eigenvalue weighted by Gasteiger charge is 2.31. The highest BCUT2D eigenvalue weighted by molar-refractivity contribution is 8.00. The number of benzene rings is 1. The van der Waals surface area contributed by atoms with E-state index in [1.165, 1.54) is 25.7 Å². The number of amides is 2. The van der Waals surface area contributed by atoms with E-state index in [0.29, 0.717) is 24.8 Å². The molecule has 1 atom stereocenters. The SMILES string of the molecule is Cc1ccc(SC2CCCC2)c(C(=O)N2CCC(C(N)=O)C2)c1. The lowest BCUT2D eigenvalue weighted by Crippen LogP contribution is -2.32. The van der Waals surface area contributed by atoms with Crippen LogP contribution in [0.3, 0.4) is 0 Å². The lowest BCUT2D eigenvalue weighted by atomic mass is 10.1. The van der Waals surface area contributed by atoms with Gasteiger partial charge in [-0.15, -0.1) is 11.8 Å². The van der Waals surface area contributed by atoms with E-state index in [1.54, 1.807) is 4.90 Å². The second kappa shape index (κ2) is 6.95. The second-order valence-electron chi connectivity index (χ2n) is 6.66. The lowest BCUT2D eigenvalue weighted by molar-refractivity contribution is -0.121. The topological polar surface area (TPSA) is 63.4 Å². The molecule has 2 aliphatic rings. The number of carbonyl (C=O) groups is 2. The molecule has 23 heavy (non-hydrogen) atoms. The fourth-order valence-electron chi connectivity index (χ4n) is 3.45. The molecule has 1 unspecified atom stereocenters. The third-order valence-corrected chi connectivity index (χ3v) is 6.25. The number of nitrogens with two attached hydrogens (primary N) is 1. The molecule has 0 bridgehead atoms. The molecule has 3 rings (SSSR count). The number of nitrogens with zero attached hydrogens (tertiary/aromatic N) is 1. The van der Waals surface area contributed by atoms with Crippen LogP contribution in [0.5, 0.6) is 0 Å². The Hall–Kier alpha value is -1.49. The van der Waals surface area contributed by atoms with Gasteiger partial charge in [0.1, 0.15) is 0 Å². The van der Waals surface area contributed by atoms with E-state index in [0.717, 1.165) is 16.0 Å². The summed E-state index contributed by atoms with van der Waals surface area (Å²) in [4.78, 5) is 27.1. The number of hydrogen-bond acceptors (Lipinski definition) is 3. The number of thioether (sulfide) groups is 1. The molecule has 1 aromatic carbocycles. The molecular formula is C18H24N2O2S. The number of rotatable bonds is 4. The Kier molecular flexibility index (Phi) is 4.95. The summed E-state index contributed by atoms with van der Waals surface area (Å²) < 4.78 is 0. The van der Waals surface area contributed by atoms with Crippen LogP contribution >= 0.6 is 11.8 Å². The van der Waals surface area contributed by atoms with Gasteiger partial charge in [0.15, 0.2) is 0 Å². The van der Waals surface area contributed by atoms with Crippen LogP contribution in [0.25, 0.3) is 0 Å². The predicted octanol–water partition coefficient (Wildman–Crippen LogP) is 2.98. The first kappa shape index (κ1) is 16.4. The zero-order valence-electron chi connectivity index (χ0n) is 13.6. The van der Waals surface area contributed by atoms with Crippen molar-refractivity contribution in [3.05, 3.63) is 29.3 Å². The van der Waals surface area contributed by atoms with E-state index in [1.807, 2.05) is 24.8 Å². The van der Waals surface area contributed by atoms with Gasteiger partial charge in [-0.25, -0.2) is 0 Å². The van der Waals surface area contributed by atoms with Crippen LogP contribution < -0.4 is 5.73 Å². The Morgan fingerprint density at radius 3 is 2.61 bits per heavy atom. The Labute approximate surface area is 141 Å². The van der Waals surface area contributed by atoms with E-state index in [-0.39, 0.29) is 17.7 Å². The van der Waals surface area contributed by atoms with Crippen molar-refractivity contribution >= 4 is 23.6 Å². The van der Waals surface area contributed by atoms with Crippen LogP contribution in [0.2, 0.25) is 0 Å². The van der Waals surface area contributed by atoms with Crippen LogP contribution in [-0.2, 0) is 4.79 Å². The fourth-order valence-corrected chi connectivity index (χ4v) is 4.79. The van der Waals surface area contributed by atoms with Gasteiger partial charge in [0.05, 0.1) is 11.5 Å². The number of aryl methyl sites for hydroxylation is 1. The van der Waals surface area contributed by atoms with Gasteiger partial charge in [0, 0.05) is 23.2 Å². The normalized spacial score (nSPS) is 21.8. The van der Waals surface area contributed by atoms with Crippen molar-refractivity contribution in [1.29, 1.82) is 0 Å². The van der Waals surface area contributed by atoms with Crippen molar-refractivity contribution in [1.82, 2.24) is 4.90 Å². The molecule has 2 N–H and O–H groups in total. The summed E-state index contributed by atoms with van der Waals surface area (Å²) in [5.41, 5.74) is 7.26. The Balaban J connectivity index is 1.78. The van der Waals surface area contributed by atoms with Crippen LogP contribution in [0, 0.1) is 12.8 Å². The molecule has 0 aromatic heterocycles. The van der Waals surface area contributed by atoms with Crippen molar-refractivity contribution < 1.29 is 9.59 Å². The summed E-state index contributed by atoms with van der Waals surface area (Å²) in [6, 6.07) is 6.13. The molecule has 1 aromatic rings. The second-order valence-corrected chi connectivity index (χ2v) is 8.01. The zero-order valence-corrected chi connectivity index (χ0v) is 14.4. The average molecular weight is 332 g/mol. The molecule has 1 aliphatic heterocycles. The summed E-state index contributed by atoms with van der Waals surface area (Å²) in [7, 11) is 0. The molecule has 0 radical (unpaired) electrons. The molecule has 1 saturated heterocycles. The molecule has 0 spiro atoms. The van der Waals surface area contributed by atoms with E-state index < -0.39 is 0 Å². The predicted molar refractivity (Wildman–Crippen MR) is 92.5 cm³/mol. The summed E-state index contributed by atoms with van der Waals surface area (Å²) >= 11 is 1.84. The van der Waals surface area contributed by atoms with Crippen molar-refractivity contribution in [2.45, 2.75) is 49.2 Å². The minimum absolute atomic E-state index is 0.0398. The standard InChI is InChI=1S/C18H24N2O2S/c1-12-6-7-16(23-14-4-2-3-5-14)15(10-12)18(22)20-9-8-13(11-20)17(19)21/h6-7,10,13-14H,2-5,8-9,11H2,1H3,(H2,19,21). The van der Waals surface area contributed by atoms with Crippen LogP contribution in [-0.4, -0.2) is 35.1 Å². The zero-order chi connectivity index (χ0) is 16.4. The van der Waals surface area contributed by atoms with Crippen molar-refractivity contribution in [3.8, 4) is 0 Å². The Morgan fingerprint density at radius 1 is 1.22 bits per heavy atom. The third kappa shape index (κ3) is 3.71. The Bertz CT molecular complexity index is 611. The van der Waals surface area contributed by atoms with Gasteiger partial charge >= 0.3 is 0 Å². The van der Waals surface area contributed by atoms with Crippen LogP contribution in [0.1, 0.15) is 48.0 Å². The first-order valence-corrected chi connectivity index (χ1v) is 9.28. The van der Waals surface area contributed by atoms with Gasteiger partial charge in [-0.1, -0.05) is 24.5 Å². The van der Waals surface area contributed by atoms with Gasteiger partial charge in [0.2, 0.25) is 5.91 Å². The molecule has 4 nitrogen and oxygen atoms in total. The number of primary amides is 1. The highest BCUT2D eigenvalue weighted by atomic mass is 32.2.